The molecule has 0 saturated carbocycles. The second-order valence-corrected chi connectivity index (χ2v) is 7.83. The number of hydrogen-bond donors (Lipinski definition) is 0. The Morgan fingerprint density at radius 2 is 1.53 bits per heavy atom. The van der Waals surface area contributed by atoms with Gasteiger partial charge in [0.05, 0.1) is 24.8 Å². The summed E-state index contributed by atoms with van der Waals surface area (Å²) in [5, 5.41) is 0. The molecule has 0 bridgehead atoms. The Hall–Kier alpha value is -3.93. The highest BCUT2D eigenvalue weighted by molar-refractivity contribution is 6.21. The first-order valence-corrected chi connectivity index (χ1v) is 10.7. The van der Waals surface area contributed by atoms with Crippen molar-refractivity contribution in [3.05, 3.63) is 95.3 Å². The summed E-state index contributed by atoms with van der Waals surface area (Å²) in [6.07, 6.45) is 0. The van der Waals surface area contributed by atoms with Crippen molar-refractivity contribution in [3.63, 3.8) is 0 Å². The van der Waals surface area contributed by atoms with Crippen molar-refractivity contribution in [3.8, 4) is 5.75 Å². The molecule has 0 aliphatic carbocycles. The maximum Gasteiger partial charge on any atom is 0.278 e. The number of imide groups is 1. The first-order valence-electron chi connectivity index (χ1n) is 10.7. The molecule has 0 unspecified atom stereocenters. The zero-order valence-electron chi connectivity index (χ0n) is 18.1. The van der Waals surface area contributed by atoms with E-state index in [1.165, 1.54) is 4.90 Å². The number of benzene rings is 3. The molecular weight excluding hydrogens is 402 g/mol. The predicted molar refractivity (Wildman–Crippen MR) is 121 cm³/mol. The molecule has 4 aromatic rings. The number of imidazole rings is 1. The number of aryl methyl sites for hydroxylation is 1. The lowest BCUT2D eigenvalue weighted by Gasteiger charge is -2.13. The van der Waals surface area contributed by atoms with E-state index in [1.807, 2.05) is 36.4 Å². The number of aromatic nitrogens is 2. The lowest BCUT2D eigenvalue weighted by molar-refractivity contribution is -0.671. The van der Waals surface area contributed by atoms with E-state index < -0.39 is 0 Å². The Balaban J connectivity index is 1.65. The van der Waals surface area contributed by atoms with Crippen LogP contribution in [0.3, 0.4) is 0 Å². The molecule has 0 spiro atoms. The average Bonchev–Trinajstić information content (AvgIpc) is 3.26. The summed E-state index contributed by atoms with van der Waals surface area (Å²) in [4.78, 5) is 27.5. The van der Waals surface area contributed by atoms with Crippen LogP contribution >= 0.6 is 0 Å². The third-order valence-corrected chi connectivity index (χ3v) is 6.06. The van der Waals surface area contributed by atoms with E-state index in [-0.39, 0.29) is 18.4 Å². The summed E-state index contributed by atoms with van der Waals surface area (Å²) in [6.45, 7) is 3.60. The van der Waals surface area contributed by atoms with Crippen molar-refractivity contribution < 1.29 is 18.9 Å². The average molecular weight is 426 g/mol. The Morgan fingerprint density at radius 3 is 2.16 bits per heavy atom. The molecule has 5 rings (SSSR count). The summed E-state index contributed by atoms with van der Waals surface area (Å²) in [6, 6.07) is 23.2. The fourth-order valence-electron chi connectivity index (χ4n) is 4.49. The SMILES string of the molecule is CCn1c(CN2C(=O)c3ccccc3C2=O)[n+](Cc2ccccc2)c2ccc(OC)cc21. The Morgan fingerprint density at radius 1 is 0.875 bits per heavy atom. The summed E-state index contributed by atoms with van der Waals surface area (Å²) < 4.78 is 9.81. The highest BCUT2D eigenvalue weighted by Gasteiger charge is 2.38. The van der Waals surface area contributed by atoms with Gasteiger partial charge in [-0.1, -0.05) is 42.5 Å². The van der Waals surface area contributed by atoms with E-state index >= 15 is 0 Å². The van der Waals surface area contributed by atoms with Gasteiger partial charge in [0, 0.05) is 6.07 Å². The van der Waals surface area contributed by atoms with Gasteiger partial charge in [0.15, 0.2) is 11.0 Å². The van der Waals surface area contributed by atoms with Crippen LogP contribution in [0.4, 0.5) is 0 Å². The van der Waals surface area contributed by atoms with E-state index in [0.29, 0.717) is 24.2 Å². The summed E-state index contributed by atoms with van der Waals surface area (Å²) >= 11 is 0. The number of methoxy groups -OCH3 is 1. The van der Waals surface area contributed by atoms with Crippen molar-refractivity contribution in [1.29, 1.82) is 0 Å². The second kappa shape index (κ2) is 7.96. The molecule has 0 radical (unpaired) electrons. The molecule has 6 nitrogen and oxygen atoms in total. The molecule has 0 N–H and O–H groups in total. The minimum Gasteiger partial charge on any atom is -0.497 e. The van der Waals surface area contributed by atoms with Crippen molar-refractivity contribution in [2.45, 2.75) is 26.6 Å². The smallest absolute Gasteiger partial charge is 0.278 e. The number of carbonyl (C=O) groups is 2. The third kappa shape index (κ3) is 3.15. The van der Waals surface area contributed by atoms with Gasteiger partial charge in [0.1, 0.15) is 18.8 Å². The maximum absolute atomic E-state index is 13.1. The lowest BCUT2D eigenvalue weighted by Crippen LogP contribution is -2.43. The van der Waals surface area contributed by atoms with Crippen LogP contribution < -0.4 is 9.30 Å². The van der Waals surface area contributed by atoms with Gasteiger partial charge < -0.3 is 4.74 Å². The van der Waals surface area contributed by atoms with Crippen LogP contribution in [0.1, 0.15) is 39.0 Å². The van der Waals surface area contributed by atoms with Gasteiger partial charge >= 0.3 is 0 Å². The standard InChI is InChI=1S/C26H24N3O3/c1-3-27-23-15-19(32-2)13-14-22(23)28(16-18-9-5-4-6-10-18)24(27)17-29-25(30)20-11-7-8-12-21(20)26(29)31/h4-15H,3,16-17H2,1-2H3/q+1. The molecule has 2 heterocycles. The molecule has 160 valence electrons. The van der Waals surface area contributed by atoms with E-state index in [2.05, 4.69) is 28.2 Å². The minimum absolute atomic E-state index is 0.198. The monoisotopic (exact) mass is 426 g/mol. The Labute approximate surface area is 186 Å². The number of fused-ring (bicyclic) bond motifs is 2. The van der Waals surface area contributed by atoms with Gasteiger partial charge in [-0.15, -0.1) is 0 Å². The molecule has 1 aromatic heterocycles. The Kier molecular flexibility index (Phi) is 4.98. The third-order valence-electron chi connectivity index (χ3n) is 6.06. The van der Waals surface area contributed by atoms with Crippen LogP contribution in [-0.2, 0) is 19.6 Å². The number of nitrogens with zero attached hydrogens (tertiary/aromatic N) is 3. The van der Waals surface area contributed by atoms with Crippen LogP contribution in [0.2, 0.25) is 0 Å². The van der Waals surface area contributed by atoms with Crippen LogP contribution in [-0.4, -0.2) is 28.4 Å². The van der Waals surface area contributed by atoms with Gasteiger partial charge in [-0.05, 0) is 36.8 Å². The van der Waals surface area contributed by atoms with E-state index in [1.54, 1.807) is 31.4 Å². The molecule has 32 heavy (non-hydrogen) atoms. The molecule has 1 aliphatic rings. The summed E-state index contributed by atoms with van der Waals surface area (Å²) in [5.74, 6) is 1.17. The normalized spacial score (nSPS) is 13.1. The second-order valence-electron chi connectivity index (χ2n) is 7.83. The molecule has 2 amide bonds. The molecule has 0 fully saturated rings. The summed E-state index contributed by atoms with van der Waals surface area (Å²) in [5.41, 5.74) is 4.12. The predicted octanol–water partition coefficient (Wildman–Crippen LogP) is 3.80. The van der Waals surface area contributed by atoms with Gasteiger partial charge in [0.2, 0.25) is 0 Å². The van der Waals surface area contributed by atoms with Crippen LogP contribution in [0.15, 0.2) is 72.8 Å². The zero-order valence-corrected chi connectivity index (χ0v) is 18.1. The van der Waals surface area contributed by atoms with Gasteiger partial charge in [-0.2, -0.15) is 0 Å². The van der Waals surface area contributed by atoms with Crippen molar-refractivity contribution in [2.75, 3.05) is 7.11 Å². The number of carbonyl (C=O) groups excluding carboxylic acids is 2. The minimum atomic E-state index is -0.248. The topological polar surface area (TPSA) is 55.4 Å². The number of rotatable bonds is 6. The largest absolute Gasteiger partial charge is 0.497 e. The van der Waals surface area contributed by atoms with E-state index in [4.69, 9.17) is 4.74 Å². The summed E-state index contributed by atoms with van der Waals surface area (Å²) in [7, 11) is 1.65. The van der Waals surface area contributed by atoms with Gasteiger partial charge in [0.25, 0.3) is 17.6 Å². The fourth-order valence-corrected chi connectivity index (χ4v) is 4.49. The highest BCUT2D eigenvalue weighted by atomic mass is 16.5. The molecule has 1 aliphatic heterocycles. The Bertz CT molecular complexity index is 1310. The number of ether oxygens (including phenoxy) is 1. The van der Waals surface area contributed by atoms with Gasteiger partial charge in [-0.3, -0.25) is 14.5 Å². The van der Waals surface area contributed by atoms with Crippen LogP contribution in [0.5, 0.6) is 5.75 Å². The van der Waals surface area contributed by atoms with E-state index in [0.717, 1.165) is 28.2 Å². The molecular formula is C26H24N3O3+. The van der Waals surface area contributed by atoms with Crippen molar-refractivity contribution in [2.24, 2.45) is 0 Å². The van der Waals surface area contributed by atoms with Crippen molar-refractivity contribution >= 4 is 22.8 Å². The maximum atomic E-state index is 13.1. The molecule has 6 heteroatoms. The first kappa shape index (κ1) is 20.0. The number of amides is 2. The van der Waals surface area contributed by atoms with Crippen LogP contribution in [0, 0.1) is 0 Å². The highest BCUT2D eigenvalue weighted by Crippen LogP contribution is 2.26. The molecule has 0 atom stereocenters. The molecule has 3 aromatic carbocycles. The quantitative estimate of drug-likeness (QED) is 0.348. The van der Waals surface area contributed by atoms with Crippen molar-refractivity contribution in [1.82, 2.24) is 9.47 Å². The van der Waals surface area contributed by atoms with E-state index in [9.17, 15) is 9.59 Å². The van der Waals surface area contributed by atoms with Crippen LogP contribution in [0.25, 0.3) is 11.0 Å². The fraction of sp³-hybridized carbons (Fsp3) is 0.192. The lowest BCUT2D eigenvalue weighted by atomic mass is 10.1. The first-order chi connectivity index (χ1) is 15.6. The zero-order chi connectivity index (χ0) is 22.2. The molecule has 0 saturated heterocycles. The van der Waals surface area contributed by atoms with Gasteiger partial charge in [-0.25, -0.2) is 9.13 Å². The number of hydrogen-bond acceptors (Lipinski definition) is 3.